The first-order chi connectivity index (χ1) is 14.5. The average molecular weight is 396 g/mol. The summed E-state index contributed by atoms with van der Waals surface area (Å²) in [7, 11) is 0. The first kappa shape index (κ1) is 19.3. The molecule has 1 heterocycles. The number of imide groups is 1. The smallest absolute Gasteiger partial charge is 0.265 e. The molecule has 0 saturated carbocycles. The summed E-state index contributed by atoms with van der Waals surface area (Å²) in [6.07, 6.45) is 1.77. The summed E-state index contributed by atoms with van der Waals surface area (Å²) in [6.45, 7) is 3.32. The number of hydrogen-bond donors (Lipinski definition) is 1. The lowest BCUT2D eigenvalue weighted by Gasteiger charge is -2.29. The Kier molecular flexibility index (Phi) is 5.02. The summed E-state index contributed by atoms with van der Waals surface area (Å²) in [5, 5.41) is 2.72. The fourth-order valence-corrected chi connectivity index (χ4v) is 3.56. The van der Waals surface area contributed by atoms with Crippen molar-refractivity contribution in [2.45, 2.75) is 13.8 Å². The number of anilines is 2. The summed E-state index contributed by atoms with van der Waals surface area (Å²) in [4.78, 5) is 39.1. The van der Waals surface area contributed by atoms with Gasteiger partial charge in [0.1, 0.15) is 0 Å². The fraction of sp³-hybridized carbons (Fsp3) is 0.0800. The summed E-state index contributed by atoms with van der Waals surface area (Å²) in [6, 6.07) is 21.7. The normalized spacial score (nSPS) is 14.6. The van der Waals surface area contributed by atoms with E-state index in [-0.39, 0.29) is 17.7 Å². The number of benzene rings is 3. The minimum atomic E-state index is -0.362. The molecule has 0 aliphatic carbocycles. The van der Waals surface area contributed by atoms with Gasteiger partial charge in [0.05, 0.1) is 5.69 Å². The Bertz CT molecular complexity index is 1190. The number of carbonyl (C=O) groups excluding carboxylic acids is 3. The Hall–Kier alpha value is -3.99. The molecule has 0 bridgehead atoms. The minimum absolute atomic E-state index is 0.148. The van der Waals surface area contributed by atoms with Crippen molar-refractivity contribution in [3.05, 3.63) is 95.1 Å². The highest BCUT2D eigenvalue weighted by molar-refractivity contribution is 6.43. The molecule has 4 rings (SSSR count). The maximum atomic E-state index is 13.4. The fourth-order valence-electron chi connectivity index (χ4n) is 3.56. The summed E-state index contributed by atoms with van der Waals surface area (Å²) < 4.78 is 0. The van der Waals surface area contributed by atoms with Crippen LogP contribution in [0.4, 0.5) is 11.4 Å². The van der Waals surface area contributed by atoms with Crippen LogP contribution < -0.4 is 10.2 Å². The Morgan fingerprint density at radius 2 is 1.47 bits per heavy atom. The molecule has 30 heavy (non-hydrogen) atoms. The molecular weight excluding hydrogens is 376 g/mol. The lowest BCUT2D eigenvalue weighted by molar-refractivity contribution is -0.114. The molecule has 5 nitrogen and oxygen atoms in total. The van der Waals surface area contributed by atoms with Crippen molar-refractivity contribution in [2.24, 2.45) is 0 Å². The standard InChI is InChI=1S/C25H20N2O3/c1-16-7-3-6-10-23(16)27-24(29)21-9-5-4-8-20(21)22(25(27)30)15-18-11-13-19(14-12-18)26-17(2)28/h3-15H,1-2H3,(H,26,28)/b22-15+. The van der Waals surface area contributed by atoms with Gasteiger partial charge < -0.3 is 5.32 Å². The zero-order valence-corrected chi connectivity index (χ0v) is 16.7. The highest BCUT2D eigenvalue weighted by Gasteiger charge is 2.36. The van der Waals surface area contributed by atoms with Gasteiger partial charge in [-0.15, -0.1) is 0 Å². The van der Waals surface area contributed by atoms with Crippen LogP contribution in [0.5, 0.6) is 0 Å². The van der Waals surface area contributed by atoms with Crippen molar-refractivity contribution in [3.63, 3.8) is 0 Å². The molecule has 0 atom stereocenters. The SMILES string of the molecule is CC(=O)Nc1ccc(/C=C2/C(=O)N(c3ccccc3C)C(=O)c3ccccc32)cc1. The van der Waals surface area contributed by atoms with Crippen LogP contribution in [0.1, 0.15) is 34.0 Å². The zero-order valence-electron chi connectivity index (χ0n) is 16.7. The Labute approximate surface area is 174 Å². The van der Waals surface area contributed by atoms with E-state index in [9.17, 15) is 14.4 Å². The van der Waals surface area contributed by atoms with Gasteiger partial charge in [-0.25, -0.2) is 4.90 Å². The van der Waals surface area contributed by atoms with Gasteiger partial charge in [0.15, 0.2) is 0 Å². The summed E-state index contributed by atoms with van der Waals surface area (Å²) >= 11 is 0. The third-order valence-electron chi connectivity index (χ3n) is 4.98. The van der Waals surface area contributed by atoms with E-state index in [1.807, 2.05) is 43.3 Å². The molecule has 1 aliphatic rings. The van der Waals surface area contributed by atoms with E-state index in [1.54, 1.807) is 42.5 Å². The quantitative estimate of drug-likeness (QED) is 0.516. The van der Waals surface area contributed by atoms with E-state index < -0.39 is 0 Å². The van der Waals surface area contributed by atoms with E-state index in [1.165, 1.54) is 11.8 Å². The molecule has 5 heteroatoms. The van der Waals surface area contributed by atoms with Crippen LogP contribution in [0.2, 0.25) is 0 Å². The van der Waals surface area contributed by atoms with Crippen molar-refractivity contribution >= 4 is 40.7 Å². The summed E-state index contributed by atoms with van der Waals surface area (Å²) in [5.41, 5.74) is 4.44. The zero-order chi connectivity index (χ0) is 21.3. The number of amides is 3. The van der Waals surface area contributed by atoms with Crippen molar-refractivity contribution in [1.29, 1.82) is 0 Å². The first-order valence-corrected chi connectivity index (χ1v) is 9.59. The van der Waals surface area contributed by atoms with Crippen molar-refractivity contribution in [1.82, 2.24) is 0 Å². The Balaban J connectivity index is 1.82. The third kappa shape index (κ3) is 3.53. The number of rotatable bonds is 3. The molecular formula is C25H20N2O3. The molecule has 0 aromatic heterocycles. The van der Waals surface area contributed by atoms with Crippen molar-refractivity contribution in [3.8, 4) is 0 Å². The third-order valence-corrected chi connectivity index (χ3v) is 4.98. The number of para-hydroxylation sites is 1. The van der Waals surface area contributed by atoms with Crippen LogP contribution in [-0.2, 0) is 9.59 Å². The second-order valence-electron chi connectivity index (χ2n) is 7.14. The number of nitrogens with one attached hydrogen (secondary N) is 1. The van der Waals surface area contributed by atoms with Crippen molar-refractivity contribution < 1.29 is 14.4 Å². The van der Waals surface area contributed by atoms with Gasteiger partial charge in [-0.05, 0) is 54.0 Å². The lowest BCUT2D eigenvalue weighted by atomic mass is 9.91. The molecule has 3 aromatic carbocycles. The molecule has 0 spiro atoms. The molecule has 3 aromatic rings. The molecule has 0 saturated heterocycles. The largest absolute Gasteiger partial charge is 0.326 e. The minimum Gasteiger partial charge on any atom is -0.326 e. The average Bonchev–Trinajstić information content (AvgIpc) is 2.73. The second kappa shape index (κ2) is 7.79. The Morgan fingerprint density at radius 3 is 2.13 bits per heavy atom. The molecule has 1 N–H and O–H groups in total. The van der Waals surface area contributed by atoms with Crippen LogP contribution in [0, 0.1) is 6.92 Å². The highest BCUT2D eigenvalue weighted by atomic mass is 16.2. The van der Waals surface area contributed by atoms with Gasteiger partial charge in [0, 0.05) is 23.7 Å². The van der Waals surface area contributed by atoms with Gasteiger partial charge in [-0.3, -0.25) is 14.4 Å². The van der Waals surface area contributed by atoms with Crippen LogP contribution in [0.15, 0.2) is 72.8 Å². The Morgan fingerprint density at radius 1 is 0.833 bits per heavy atom. The molecule has 0 radical (unpaired) electrons. The predicted octanol–water partition coefficient (Wildman–Crippen LogP) is 4.68. The number of fused-ring (bicyclic) bond motifs is 1. The van der Waals surface area contributed by atoms with Crippen LogP contribution >= 0.6 is 0 Å². The molecule has 3 amide bonds. The van der Waals surface area contributed by atoms with E-state index in [0.29, 0.717) is 28.1 Å². The van der Waals surface area contributed by atoms with Crippen LogP contribution in [-0.4, -0.2) is 17.7 Å². The molecule has 148 valence electrons. The van der Waals surface area contributed by atoms with Gasteiger partial charge >= 0.3 is 0 Å². The number of hydrogen-bond acceptors (Lipinski definition) is 3. The molecule has 0 fully saturated rings. The second-order valence-corrected chi connectivity index (χ2v) is 7.14. The number of aryl methyl sites for hydroxylation is 1. The van der Waals surface area contributed by atoms with E-state index in [2.05, 4.69) is 5.32 Å². The van der Waals surface area contributed by atoms with Crippen molar-refractivity contribution in [2.75, 3.05) is 10.2 Å². The highest BCUT2D eigenvalue weighted by Crippen LogP contribution is 2.34. The van der Waals surface area contributed by atoms with Gasteiger partial charge in [-0.2, -0.15) is 0 Å². The monoisotopic (exact) mass is 396 g/mol. The van der Waals surface area contributed by atoms with Gasteiger partial charge in [0.2, 0.25) is 5.91 Å². The maximum absolute atomic E-state index is 13.4. The predicted molar refractivity (Wildman–Crippen MR) is 118 cm³/mol. The maximum Gasteiger partial charge on any atom is 0.265 e. The number of carbonyl (C=O) groups is 3. The van der Waals surface area contributed by atoms with Gasteiger partial charge in [-0.1, -0.05) is 48.5 Å². The van der Waals surface area contributed by atoms with Crippen LogP contribution in [0.25, 0.3) is 11.6 Å². The molecule has 1 aliphatic heterocycles. The molecule has 0 unspecified atom stereocenters. The van der Waals surface area contributed by atoms with Crippen LogP contribution in [0.3, 0.4) is 0 Å². The van der Waals surface area contributed by atoms with E-state index in [0.717, 1.165) is 11.1 Å². The van der Waals surface area contributed by atoms with E-state index in [4.69, 9.17) is 0 Å². The first-order valence-electron chi connectivity index (χ1n) is 9.59. The van der Waals surface area contributed by atoms with Gasteiger partial charge in [0.25, 0.3) is 11.8 Å². The van der Waals surface area contributed by atoms with E-state index >= 15 is 0 Å². The lowest BCUT2D eigenvalue weighted by Crippen LogP contribution is -2.42. The summed E-state index contributed by atoms with van der Waals surface area (Å²) in [5.74, 6) is -0.841. The topological polar surface area (TPSA) is 66.5 Å². The number of nitrogens with zero attached hydrogens (tertiary/aromatic N) is 1.